The Bertz CT molecular complexity index is 1200. The van der Waals surface area contributed by atoms with Crippen molar-refractivity contribution in [3.8, 4) is 0 Å². The van der Waals surface area contributed by atoms with E-state index in [0.717, 1.165) is 22.1 Å². The minimum Gasteiger partial charge on any atom is -0.350 e. The van der Waals surface area contributed by atoms with Gasteiger partial charge < -0.3 is 5.32 Å². The Morgan fingerprint density at radius 1 is 0.800 bits per heavy atom. The summed E-state index contributed by atoms with van der Waals surface area (Å²) in [6.07, 6.45) is 0. The molecule has 0 aliphatic carbocycles. The number of amides is 2. The van der Waals surface area contributed by atoms with Crippen LogP contribution in [0.5, 0.6) is 0 Å². The molecule has 6 heteroatoms. The summed E-state index contributed by atoms with van der Waals surface area (Å²) < 4.78 is 27.2. The van der Waals surface area contributed by atoms with E-state index >= 15 is 0 Å². The number of aryl methyl sites for hydroxylation is 2. The summed E-state index contributed by atoms with van der Waals surface area (Å²) in [6, 6.07) is 16.3. The summed E-state index contributed by atoms with van der Waals surface area (Å²) >= 11 is 0. The van der Waals surface area contributed by atoms with Crippen LogP contribution in [0.3, 0.4) is 0 Å². The van der Waals surface area contributed by atoms with Gasteiger partial charge in [-0.15, -0.1) is 0 Å². The molecule has 2 amide bonds. The van der Waals surface area contributed by atoms with E-state index in [1.54, 1.807) is 0 Å². The number of nitrogens with one attached hydrogen (secondary N) is 1. The van der Waals surface area contributed by atoms with Gasteiger partial charge in [-0.2, -0.15) is 0 Å². The highest BCUT2D eigenvalue weighted by molar-refractivity contribution is 6.46. The molecule has 0 atom stereocenters. The number of rotatable bonds is 4. The van der Waals surface area contributed by atoms with E-state index in [1.807, 2.05) is 32.0 Å². The Kier molecular flexibility index (Phi) is 4.91. The van der Waals surface area contributed by atoms with Gasteiger partial charge in [-0.05, 0) is 66.9 Å². The fraction of sp³-hybridized carbons (Fsp3) is 0.0833. The first-order chi connectivity index (χ1) is 14.3. The number of benzene rings is 3. The van der Waals surface area contributed by atoms with Gasteiger partial charge in [0, 0.05) is 5.69 Å². The lowest BCUT2D eigenvalue weighted by Crippen LogP contribution is -2.32. The fourth-order valence-corrected chi connectivity index (χ4v) is 3.38. The van der Waals surface area contributed by atoms with Crippen LogP contribution in [0.1, 0.15) is 16.7 Å². The number of nitrogens with zero attached hydrogens (tertiary/aromatic N) is 1. The van der Waals surface area contributed by atoms with Crippen LogP contribution in [0.2, 0.25) is 0 Å². The smallest absolute Gasteiger partial charge is 0.282 e. The second-order valence-corrected chi connectivity index (χ2v) is 7.13. The monoisotopic (exact) mass is 404 g/mol. The van der Waals surface area contributed by atoms with Crippen molar-refractivity contribution >= 4 is 28.8 Å². The SMILES string of the molecule is Cc1ccc(C)c(NC2=C(c3ccc(F)cc3)C(=O)N(c3cccc(F)c3)C2=O)c1. The Hall–Kier alpha value is -3.80. The first-order valence-corrected chi connectivity index (χ1v) is 9.34. The molecule has 0 spiro atoms. The van der Waals surface area contributed by atoms with Crippen LogP contribution in [-0.2, 0) is 9.59 Å². The predicted molar refractivity (Wildman–Crippen MR) is 112 cm³/mol. The van der Waals surface area contributed by atoms with Crippen LogP contribution in [0.4, 0.5) is 20.2 Å². The quantitative estimate of drug-likeness (QED) is 0.624. The molecule has 1 aliphatic rings. The third kappa shape index (κ3) is 3.48. The van der Waals surface area contributed by atoms with Gasteiger partial charge in [-0.1, -0.05) is 30.3 Å². The maximum atomic E-state index is 13.8. The van der Waals surface area contributed by atoms with E-state index in [1.165, 1.54) is 42.5 Å². The summed E-state index contributed by atoms with van der Waals surface area (Å²) in [6.45, 7) is 3.80. The van der Waals surface area contributed by atoms with E-state index < -0.39 is 23.4 Å². The average Bonchev–Trinajstić information content (AvgIpc) is 2.95. The number of hydrogen-bond donors (Lipinski definition) is 1. The number of hydrogen-bond acceptors (Lipinski definition) is 3. The zero-order valence-electron chi connectivity index (χ0n) is 16.4. The summed E-state index contributed by atoms with van der Waals surface area (Å²) in [5.74, 6) is -2.23. The second-order valence-electron chi connectivity index (χ2n) is 7.13. The Labute approximate surface area is 172 Å². The molecule has 0 unspecified atom stereocenters. The molecule has 0 saturated heterocycles. The molecule has 1 N–H and O–H groups in total. The number of carbonyl (C=O) groups is 2. The zero-order chi connectivity index (χ0) is 21.4. The first kappa shape index (κ1) is 19.5. The van der Waals surface area contributed by atoms with Crippen LogP contribution < -0.4 is 10.2 Å². The predicted octanol–water partition coefficient (Wildman–Crippen LogP) is 4.98. The van der Waals surface area contributed by atoms with E-state index in [4.69, 9.17) is 0 Å². The van der Waals surface area contributed by atoms with Gasteiger partial charge in [0.05, 0.1) is 11.3 Å². The van der Waals surface area contributed by atoms with E-state index in [9.17, 15) is 18.4 Å². The van der Waals surface area contributed by atoms with Crippen LogP contribution in [0.25, 0.3) is 5.57 Å². The number of carbonyl (C=O) groups excluding carboxylic acids is 2. The molecule has 1 heterocycles. The highest BCUT2D eigenvalue weighted by atomic mass is 19.1. The average molecular weight is 404 g/mol. The molecule has 150 valence electrons. The summed E-state index contributed by atoms with van der Waals surface area (Å²) in [4.78, 5) is 27.4. The van der Waals surface area contributed by atoms with Crippen molar-refractivity contribution in [1.82, 2.24) is 0 Å². The van der Waals surface area contributed by atoms with Crippen molar-refractivity contribution in [3.63, 3.8) is 0 Å². The maximum absolute atomic E-state index is 13.8. The molecule has 1 aliphatic heterocycles. The van der Waals surface area contributed by atoms with Crippen molar-refractivity contribution in [1.29, 1.82) is 0 Å². The van der Waals surface area contributed by atoms with Gasteiger partial charge in [-0.25, -0.2) is 13.7 Å². The molecule has 4 nitrogen and oxygen atoms in total. The third-order valence-electron chi connectivity index (χ3n) is 4.94. The van der Waals surface area contributed by atoms with Gasteiger partial charge in [0.2, 0.25) is 0 Å². The normalized spacial score (nSPS) is 13.9. The zero-order valence-corrected chi connectivity index (χ0v) is 16.4. The second kappa shape index (κ2) is 7.55. The van der Waals surface area contributed by atoms with Crippen LogP contribution in [0, 0.1) is 25.5 Å². The standard InChI is InChI=1S/C24H18F2N2O2/c1-14-6-7-15(2)20(12-14)27-22-21(16-8-10-17(25)11-9-16)23(29)28(24(22)30)19-5-3-4-18(26)13-19/h3-13,27H,1-2H3. The lowest BCUT2D eigenvalue weighted by Gasteiger charge is -2.16. The molecule has 4 rings (SSSR count). The van der Waals surface area contributed by atoms with Crippen LogP contribution in [0.15, 0.2) is 72.4 Å². The Morgan fingerprint density at radius 2 is 1.53 bits per heavy atom. The number of anilines is 2. The molecule has 0 radical (unpaired) electrons. The van der Waals surface area contributed by atoms with Gasteiger partial charge in [0.1, 0.15) is 17.3 Å². The molecular weight excluding hydrogens is 386 g/mol. The molecule has 0 aromatic heterocycles. The fourth-order valence-electron chi connectivity index (χ4n) is 3.38. The summed E-state index contributed by atoms with van der Waals surface area (Å²) in [5.41, 5.74) is 3.22. The lowest BCUT2D eigenvalue weighted by atomic mass is 10.0. The summed E-state index contributed by atoms with van der Waals surface area (Å²) in [7, 11) is 0. The molecule has 0 saturated carbocycles. The highest BCUT2D eigenvalue weighted by Crippen LogP contribution is 2.34. The van der Waals surface area contributed by atoms with Gasteiger partial charge >= 0.3 is 0 Å². The van der Waals surface area contributed by atoms with E-state index in [-0.39, 0.29) is 17.0 Å². The van der Waals surface area contributed by atoms with Gasteiger partial charge in [0.15, 0.2) is 0 Å². The van der Waals surface area contributed by atoms with Crippen LogP contribution in [-0.4, -0.2) is 11.8 Å². The van der Waals surface area contributed by atoms with Crippen molar-refractivity contribution in [2.45, 2.75) is 13.8 Å². The van der Waals surface area contributed by atoms with Crippen molar-refractivity contribution < 1.29 is 18.4 Å². The molecule has 30 heavy (non-hydrogen) atoms. The topological polar surface area (TPSA) is 49.4 Å². The van der Waals surface area contributed by atoms with E-state index in [2.05, 4.69) is 5.32 Å². The van der Waals surface area contributed by atoms with Crippen molar-refractivity contribution in [2.75, 3.05) is 10.2 Å². The Morgan fingerprint density at radius 3 is 2.23 bits per heavy atom. The molecule has 0 bridgehead atoms. The lowest BCUT2D eigenvalue weighted by molar-refractivity contribution is -0.120. The number of imide groups is 1. The highest BCUT2D eigenvalue weighted by Gasteiger charge is 2.40. The largest absolute Gasteiger partial charge is 0.350 e. The molecule has 3 aromatic carbocycles. The van der Waals surface area contributed by atoms with Crippen molar-refractivity contribution in [2.24, 2.45) is 0 Å². The molecule has 3 aromatic rings. The minimum absolute atomic E-state index is 0.0598. The Balaban J connectivity index is 1.85. The van der Waals surface area contributed by atoms with Crippen LogP contribution >= 0.6 is 0 Å². The van der Waals surface area contributed by atoms with Gasteiger partial charge in [-0.3, -0.25) is 9.59 Å². The van der Waals surface area contributed by atoms with Gasteiger partial charge in [0.25, 0.3) is 11.8 Å². The first-order valence-electron chi connectivity index (χ1n) is 9.34. The molecular formula is C24H18F2N2O2. The minimum atomic E-state index is -0.606. The summed E-state index contributed by atoms with van der Waals surface area (Å²) in [5, 5.41) is 3.09. The third-order valence-corrected chi connectivity index (χ3v) is 4.94. The molecule has 0 fully saturated rings. The van der Waals surface area contributed by atoms with Crippen molar-refractivity contribution in [3.05, 3.63) is 101 Å². The van der Waals surface area contributed by atoms with E-state index in [0.29, 0.717) is 11.3 Å². The maximum Gasteiger partial charge on any atom is 0.282 e. The number of halogens is 2.